The van der Waals surface area contributed by atoms with Crippen LogP contribution in [0.3, 0.4) is 0 Å². The number of rotatable bonds is 5. The summed E-state index contributed by atoms with van der Waals surface area (Å²) < 4.78 is 12.8. The molecule has 0 saturated heterocycles. The lowest BCUT2D eigenvalue weighted by Crippen LogP contribution is -1.98. The van der Waals surface area contributed by atoms with E-state index in [1.54, 1.807) is 16.8 Å². The van der Waals surface area contributed by atoms with E-state index in [-0.39, 0.29) is 0 Å². The van der Waals surface area contributed by atoms with Crippen molar-refractivity contribution in [2.45, 2.75) is 24.8 Å². The minimum absolute atomic E-state index is 0.437. The van der Waals surface area contributed by atoms with Crippen molar-refractivity contribution < 1.29 is 8.83 Å². The average Bonchev–Trinajstić information content (AvgIpc) is 3.33. The standard InChI is InChI=1S/C16H13ClN6O2S/c1-9-7-13(10(2)24-9)15-19-18-14(25-15)8-26-16-20-21-22-23(16)12-5-3-11(17)4-6-12/h3-7H,8H2,1-2H3. The maximum atomic E-state index is 5.92. The lowest BCUT2D eigenvalue weighted by Gasteiger charge is -2.02. The third kappa shape index (κ3) is 3.35. The summed E-state index contributed by atoms with van der Waals surface area (Å²) in [5.74, 6) is 2.91. The first-order valence-corrected chi connectivity index (χ1v) is 9.03. The Bertz CT molecular complexity index is 1040. The second kappa shape index (κ2) is 6.93. The number of aromatic nitrogens is 6. The van der Waals surface area contributed by atoms with E-state index in [0.29, 0.717) is 27.7 Å². The predicted molar refractivity (Wildman–Crippen MR) is 95.2 cm³/mol. The van der Waals surface area contributed by atoms with Crippen molar-refractivity contribution in [3.63, 3.8) is 0 Å². The molecule has 0 aliphatic rings. The van der Waals surface area contributed by atoms with Gasteiger partial charge in [0.1, 0.15) is 11.5 Å². The molecule has 3 aromatic heterocycles. The van der Waals surface area contributed by atoms with Crippen molar-refractivity contribution >= 4 is 23.4 Å². The Morgan fingerprint density at radius 2 is 1.88 bits per heavy atom. The topological polar surface area (TPSA) is 95.7 Å². The monoisotopic (exact) mass is 388 g/mol. The molecule has 0 aliphatic heterocycles. The number of aryl methyl sites for hydroxylation is 2. The van der Waals surface area contributed by atoms with E-state index in [2.05, 4.69) is 25.7 Å². The van der Waals surface area contributed by atoms with E-state index in [1.165, 1.54) is 11.8 Å². The summed E-state index contributed by atoms with van der Waals surface area (Å²) in [5.41, 5.74) is 1.62. The minimum Gasteiger partial charge on any atom is -0.466 e. The lowest BCUT2D eigenvalue weighted by molar-refractivity contribution is 0.499. The number of nitrogens with zero attached hydrogens (tertiary/aromatic N) is 6. The third-order valence-corrected chi connectivity index (χ3v) is 4.73. The number of furan rings is 1. The summed E-state index contributed by atoms with van der Waals surface area (Å²) in [6.45, 7) is 3.74. The van der Waals surface area contributed by atoms with E-state index in [4.69, 9.17) is 20.4 Å². The molecule has 4 rings (SSSR count). The largest absolute Gasteiger partial charge is 0.466 e. The van der Waals surface area contributed by atoms with E-state index >= 15 is 0 Å². The van der Waals surface area contributed by atoms with Gasteiger partial charge in [-0.2, -0.15) is 4.68 Å². The van der Waals surface area contributed by atoms with Crippen molar-refractivity contribution in [1.29, 1.82) is 0 Å². The number of tetrazole rings is 1. The van der Waals surface area contributed by atoms with Crippen LogP contribution in [0.4, 0.5) is 0 Å². The van der Waals surface area contributed by atoms with Gasteiger partial charge in [0.2, 0.25) is 11.0 Å². The number of thioether (sulfide) groups is 1. The van der Waals surface area contributed by atoms with Gasteiger partial charge in [0, 0.05) is 5.02 Å². The SMILES string of the molecule is Cc1cc(-c2nnc(CSc3nnnn3-c3ccc(Cl)cc3)o2)c(C)o1. The Kier molecular flexibility index (Phi) is 4.48. The Hall–Kier alpha value is -2.65. The summed E-state index contributed by atoms with van der Waals surface area (Å²) in [6, 6.07) is 9.13. The molecule has 0 N–H and O–H groups in total. The van der Waals surface area contributed by atoms with Gasteiger partial charge in [0.25, 0.3) is 5.89 Å². The van der Waals surface area contributed by atoms with Gasteiger partial charge in [0.05, 0.1) is 17.0 Å². The number of benzene rings is 1. The molecule has 0 unspecified atom stereocenters. The fourth-order valence-electron chi connectivity index (χ4n) is 2.40. The van der Waals surface area contributed by atoms with E-state index in [1.807, 2.05) is 32.0 Å². The average molecular weight is 389 g/mol. The highest BCUT2D eigenvalue weighted by atomic mass is 35.5. The second-order valence-electron chi connectivity index (χ2n) is 5.47. The van der Waals surface area contributed by atoms with Crippen LogP contribution in [-0.2, 0) is 5.75 Å². The third-order valence-electron chi connectivity index (χ3n) is 3.58. The van der Waals surface area contributed by atoms with Gasteiger partial charge in [-0.3, -0.25) is 0 Å². The normalized spacial score (nSPS) is 11.2. The Balaban J connectivity index is 1.50. The first-order chi connectivity index (χ1) is 12.6. The summed E-state index contributed by atoms with van der Waals surface area (Å²) in [4.78, 5) is 0. The molecule has 0 fully saturated rings. The molecule has 3 heterocycles. The van der Waals surface area contributed by atoms with Crippen LogP contribution in [-0.4, -0.2) is 30.4 Å². The quantitative estimate of drug-likeness (QED) is 0.475. The van der Waals surface area contributed by atoms with Gasteiger partial charge in [-0.15, -0.1) is 15.3 Å². The predicted octanol–water partition coefficient (Wildman–Crippen LogP) is 3.87. The molecule has 0 amide bonds. The zero-order valence-corrected chi connectivity index (χ0v) is 15.5. The van der Waals surface area contributed by atoms with Gasteiger partial charge < -0.3 is 8.83 Å². The molecule has 0 aliphatic carbocycles. The summed E-state index contributed by atoms with van der Waals surface area (Å²) >= 11 is 7.32. The number of hydrogen-bond donors (Lipinski definition) is 0. The second-order valence-corrected chi connectivity index (χ2v) is 6.85. The lowest BCUT2D eigenvalue weighted by atomic mass is 10.2. The fraction of sp³-hybridized carbons (Fsp3) is 0.188. The fourth-order valence-corrected chi connectivity index (χ4v) is 3.26. The van der Waals surface area contributed by atoms with Crippen molar-refractivity contribution in [3.8, 4) is 17.1 Å². The first-order valence-electron chi connectivity index (χ1n) is 7.67. The van der Waals surface area contributed by atoms with Crippen molar-refractivity contribution in [2.75, 3.05) is 0 Å². The van der Waals surface area contributed by atoms with Crippen LogP contribution >= 0.6 is 23.4 Å². The van der Waals surface area contributed by atoms with Gasteiger partial charge >= 0.3 is 0 Å². The van der Waals surface area contributed by atoms with Crippen molar-refractivity contribution in [3.05, 3.63) is 52.8 Å². The van der Waals surface area contributed by atoms with Crippen LogP contribution < -0.4 is 0 Å². The maximum absolute atomic E-state index is 5.92. The molecule has 10 heteroatoms. The minimum atomic E-state index is 0.437. The van der Waals surface area contributed by atoms with Gasteiger partial charge in [-0.25, -0.2) is 0 Å². The van der Waals surface area contributed by atoms with Crippen LogP contribution in [0.25, 0.3) is 17.1 Å². The van der Waals surface area contributed by atoms with Crippen molar-refractivity contribution in [1.82, 2.24) is 30.4 Å². The molecule has 0 atom stereocenters. The Labute approximate surface area is 157 Å². The number of hydrogen-bond acceptors (Lipinski definition) is 8. The van der Waals surface area contributed by atoms with E-state index in [9.17, 15) is 0 Å². The summed E-state index contributed by atoms with van der Waals surface area (Å²) in [7, 11) is 0. The van der Waals surface area contributed by atoms with Crippen LogP contribution in [0.2, 0.25) is 5.02 Å². The van der Waals surface area contributed by atoms with E-state index < -0.39 is 0 Å². The van der Waals surface area contributed by atoms with Crippen LogP contribution in [0.5, 0.6) is 0 Å². The molecular weight excluding hydrogens is 376 g/mol. The van der Waals surface area contributed by atoms with Crippen LogP contribution in [0, 0.1) is 13.8 Å². The molecule has 0 radical (unpaired) electrons. The molecule has 0 saturated carbocycles. The molecule has 26 heavy (non-hydrogen) atoms. The Morgan fingerprint density at radius 3 is 2.62 bits per heavy atom. The molecule has 4 aromatic rings. The molecule has 0 spiro atoms. The van der Waals surface area contributed by atoms with Crippen LogP contribution in [0.1, 0.15) is 17.4 Å². The molecule has 8 nitrogen and oxygen atoms in total. The highest BCUT2D eigenvalue weighted by Crippen LogP contribution is 2.27. The first kappa shape index (κ1) is 16.8. The summed E-state index contributed by atoms with van der Waals surface area (Å²) in [6.07, 6.45) is 0. The Morgan fingerprint density at radius 1 is 1.08 bits per heavy atom. The highest BCUT2D eigenvalue weighted by Gasteiger charge is 2.16. The molecule has 132 valence electrons. The van der Waals surface area contributed by atoms with E-state index in [0.717, 1.165) is 22.8 Å². The zero-order valence-electron chi connectivity index (χ0n) is 13.9. The van der Waals surface area contributed by atoms with Gasteiger partial charge in [0.15, 0.2) is 0 Å². The zero-order chi connectivity index (χ0) is 18.1. The smallest absolute Gasteiger partial charge is 0.251 e. The van der Waals surface area contributed by atoms with Crippen LogP contribution in [0.15, 0.2) is 44.3 Å². The van der Waals surface area contributed by atoms with Gasteiger partial charge in [-0.05, 0) is 54.6 Å². The van der Waals surface area contributed by atoms with Gasteiger partial charge in [-0.1, -0.05) is 23.4 Å². The molecular formula is C16H13ClN6O2S. The molecule has 1 aromatic carbocycles. The maximum Gasteiger partial charge on any atom is 0.251 e. The molecule has 0 bridgehead atoms. The number of halogens is 1. The summed E-state index contributed by atoms with van der Waals surface area (Å²) in [5, 5.41) is 21.2. The van der Waals surface area contributed by atoms with Crippen molar-refractivity contribution in [2.24, 2.45) is 0 Å². The highest BCUT2D eigenvalue weighted by molar-refractivity contribution is 7.98.